The third kappa shape index (κ3) is 6.74. The van der Waals surface area contributed by atoms with Crippen molar-refractivity contribution in [2.45, 2.75) is 64.0 Å². The van der Waals surface area contributed by atoms with Gasteiger partial charge in [-0.15, -0.1) is 0 Å². The predicted octanol–water partition coefficient (Wildman–Crippen LogP) is 6.22. The second-order valence-electron chi connectivity index (χ2n) is 9.88. The molecule has 0 unspecified atom stereocenters. The van der Waals surface area contributed by atoms with E-state index in [1.54, 1.807) is 0 Å². The Morgan fingerprint density at radius 3 is 2.47 bits per heavy atom. The van der Waals surface area contributed by atoms with Crippen molar-refractivity contribution in [2.24, 2.45) is 0 Å². The fourth-order valence-electron chi connectivity index (χ4n) is 4.58. The van der Waals surface area contributed by atoms with E-state index in [1.165, 1.54) is 0 Å². The smallest absolute Gasteiger partial charge is 0.407 e. The second-order valence-corrected chi connectivity index (χ2v) is 11.7. The van der Waals surface area contributed by atoms with Gasteiger partial charge < -0.3 is 19.5 Å². The molecule has 2 atom stereocenters. The second kappa shape index (κ2) is 11.0. The van der Waals surface area contributed by atoms with Crippen molar-refractivity contribution in [3.05, 3.63) is 62.5 Å². The molecule has 4 rings (SSSR count). The molecule has 0 radical (unpaired) electrons. The van der Waals surface area contributed by atoms with Crippen molar-refractivity contribution in [3.63, 3.8) is 0 Å². The number of nitrogens with zero attached hydrogens (tertiary/aromatic N) is 1. The number of hydrogen-bond donors (Lipinski definition) is 1. The van der Waals surface area contributed by atoms with Gasteiger partial charge in [-0.3, -0.25) is 4.90 Å². The fourth-order valence-corrected chi connectivity index (χ4v) is 5.97. The van der Waals surface area contributed by atoms with Crippen LogP contribution in [-0.2, 0) is 16.1 Å². The van der Waals surface area contributed by atoms with Crippen LogP contribution in [0.2, 0.25) is 0 Å². The SMILES string of the molecule is CC(C)(C)OC(=O)NC1CCN([C@@H]2c3ccccc3OC[C@H]2OCc2cc(Br)cc(Br)c2)CC1. The minimum absolute atomic E-state index is 0.0944. The molecule has 1 saturated heterocycles. The van der Waals surface area contributed by atoms with Crippen LogP contribution in [0.4, 0.5) is 4.79 Å². The van der Waals surface area contributed by atoms with Crippen molar-refractivity contribution in [1.29, 1.82) is 0 Å². The van der Waals surface area contributed by atoms with E-state index < -0.39 is 5.60 Å². The van der Waals surface area contributed by atoms with E-state index in [0.29, 0.717) is 13.2 Å². The normalized spacial score (nSPS) is 21.4. The molecule has 8 heteroatoms. The number of likely N-dealkylation sites (tertiary alicyclic amines) is 1. The highest BCUT2D eigenvalue weighted by molar-refractivity contribution is 9.11. The van der Waals surface area contributed by atoms with Gasteiger partial charge in [0, 0.05) is 33.6 Å². The Labute approximate surface area is 218 Å². The molecule has 0 saturated carbocycles. The Morgan fingerprint density at radius 2 is 1.79 bits per heavy atom. The number of piperidine rings is 1. The van der Waals surface area contributed by atoms with Gasteiger partial charge in [0.1, 0.15) is 24.1 Å². The molecule has 0 bridgehead atoms. The summed E-state index contributed by atoms with van der Waals surface area (Å²) in [4.78, 5) is 14.7. The summed E-state index contributed by atoms with van der Waals surface area (Å²) in [5, 5.41) is 3.03. The van der Waals surface area contributed by atoms with Crippen molar-refractivity contribution >= 4 is 38.0 Å². The van der Waals surface area contributed by atoms with Gasteiger partial charge in [0.25, 0.3) is 0 Å². The third-order valence-electron chi connectivity index (χ3n) is 6.02. The number of halogens is 2. The van der Waals surface area contributed by atoms with Gasteiger partial charge in [-0.25, -0.2) is 4.79 Å². The van der Waals surface area contributed by atoms with E-state index in [2.05, 4.69) is 66.3 Å². The number of fused-ring (bicyclic) bond motifs is 1. The number of rotatable bonds is 5. The van der Waals surface area contributed by atoms with Gasteiger partial charge in [0.2, 0.25) is 0 Å². The summed E-state index contributed by atoms with van der Waals surface area (Å²) >= 11 is 7.11. The molecule has 2 aromatic carbocycles. The number of hydrogen-bond acceptors (Lipinski definition) is 5. The van der Waals surface area contributed by atoms with Crippen molar-refractivity contribution in [2.75, 3.05) is 19.7 Å². The zero-order valence-corrected chi connectivity index (χ0v) is 23.0. The number of para-hydroxylation sites is 1. The van der Waals surface area contributed by atoms with E-state index in [0.717, 1.165) is 51.8 Å². The quantitative estimate of drug-likeness (QED) is 0.445. The molecular weight excluding hydrogens is 564 g/mol. The molecule has 0 aromatic heterocycles. The van der Waals surface area contributed by atoms with Crippen LogP contribution in [0.25, 0.3) is 0 Å². The summed E-state index contributed by atoms with van der Waals surface area (Å²) in [5.41, 5.74) is 1.76. The summed E-state index contributed by atoms with van der Waals surface area (Å²) in [6, 6.07) is 14.6. The molecule has 6 nitrogen and oxygen atoms in total. The number of benzene rings is 2. The van der Waals surface area contributed by atoms with Crippen LogP contribution in [0.15, 0.2) is 51.4 Å². The number of carbonyl (C=O) groups is 1. The highest BCUT2D eigenvalue weighted by Crippen LogP contribution is 2.39. The molecule has 2 aliphatic rings. The molecule has 1 amide bonds. The average Bonchev–Trinajstić information content (AvgIpc) is 2.76. The van der Waals surface area contributed by atoms with Gasteiger partial charge in [-0.2, -0.15) is 0 Å². The first-order chi connectivity index (χ1) is 16.2. The molecule has 184 valence electrons. The number of amides is 1. The number of alkyl carbamates (subject to hydrolysis) is 1. The van der Waals surface area contributed by atoms with Gasteiger partial charge in [0.15, 0.2) is 0 Å². The average molecular weight is 596 g/mol. The maximum Gasteiger partial charge on any atom is 0.407 e. The lowest BCUT2D eigenvalue weighted by Gasteiger charge is -2.43. The van der Waals surface area contributed by atoms with Crippen molar-refractivity contribution < 1.29 is 19.0 Å². The first kappa shape index (κ1) is 25.5. The summed E-state index contributed by atoms with van der Waals surface area (Å²) in [6.07, 6.45) is 1.29. The summed E-state index contributed by atoms with van der Waals surface area (Å²) in [6.45, 7) is 8.37. The van der Waals surface area contributed by atoms with Crippen LogP contribution >= 0.6 is 31.9 Å². The molecule has 34 heavy (non-hydrogen) atoms. The maximum atomic E-state index is 12.2. The Balaban J connectivity index is 1.43. The lowest BCUT2D eigenvalue weighted by Crippen LogP contribution is -2.50. The fraction of sp³-hybridized carbons (Fsp3) is 0.500. The lowest BCUT2D eigenvalue weighted by molar-refractivity contribution is -0.0647. The molecule has 1 N–H and O–H groups in total. The zero-order valence-electron chi connectivity index (χ0n) is 19.9. The first-order valence-electron chi connectivity index (χ1n) is 11.7. The van der Waals surface area contributed by atoms with E-state index in [9.17, 15) is 4.79 Å². The summed E-state index contributed by atoms with van der Waals surface area (Å²) < 4.78 is 20.0. The molecule has 1 fully saturated rings. The van der Waals surface area contributed by atoms with Crippen LogP contribution in [0.5, 0.6) is 5.75 Å². The summed E-state index contributed by atoms with van der Waals surface area (Å²) in [5.74, 6) is 0.923. The minimum Gasteiger partial charge on any atom is -0.490 e. The van der Waals surface area contributed by atoms with Gasteiger partial charge in [-0.1, -0.05) is 50.1 Å². The Morgan fingerprint density at radius 1 is 1.12 bits per heavy atom. The molecule has 0 aliphatic carbocycles. The topological polar surface area (TPSA) is 60.0 Å². The first-order valence-corrected chi connectivity index (χ1v) is 13.3. The number of nitrogens with one attached hydrogen (secondary N) is 1. The molecule has 0 spiro atoms. The van der Waals surface area contributed by atoms with Crippen LogP contribution in [-0.4, -0.2) is 48.4 Å². The van der Waals surface area contributed by atoms with E-state index in [1.807, 2.05) is 39.0 Å². The molecular formula is C26H32Br2N2O4. The van der Waals surface area contributed by atoms with E-state index in [-0.39, 0.29) is 24.3 Å². The predicted molar refractivity (Wildman–Crippen MR) is 139 cm³/mol. The Bertz CT molecular complexity index is 982. The standard InChI is InChI=1S/C26H32Br2N2O4/c1-26(2,3)34-25(31)29-20-8-10-30(11-9-20)24-21-6-4-5-7-22(21)33-16-23(24)32-15-17-12-18(27)14-19(28)13-17/h4-7,12-14,20,23-24H,8-11,15-16H2,1-3H3,(H,29,31)/t23-,24-/m1/s1. The molecule has 2 aromatic rings. The third-order valence-corrected chi connectivity index (χ3v) is 6.94. The highest BCUT2D eigenvalue weighted by Gasteiger charge is 2.38. The Kier molecular flexibility index (Phi) is 8.23. The Hall–Kier alpha value is -1.61. The van der Waals surface area contributed by atoms with Crippen LogP contribution in [0, 0.1) is 0 Å². The maximum absolute atomic E-state index is 12.2. The highest BCUT2D eigenvalue weighted by atomic mass is 79.9. The van der Waals surface area contributed by atoms with Gasteiger partial charge in [0.05, 0.1) is 12.6 Å². The van der Waals surface area contributed by atoms with Crippen LogP contribution in [0.1, 0.15) is 50.8 Å². The molecule has 2 aliphatic heterocycles. The zero-order chi connectivity index (χ0) is 24.3. The van der Waals surface area contributed by atoms with Crippen molar-refractivity contribution in [1.82, 2.24) is 10.2 Å². The van der Waals surface area contributed by atoms with Crippen LogP contribution < -0.4 is 10.1 Å². The van der Waals surface area contributed by atoms with Crippen LogP contribution in [0.3, 0.4) is 0 Å². The van der Waals surface area contributed by atoms with Crippen molar-refractivity contribution in [3.8, 4) is 5.75 Å². The summed E-state index contributed by atoms with van der Waals surface area (Å²) in [7, 11) is 0. The lowest BCUT2D eigenvalue weighted by atomic mass is 9.93. The number of ether oxygens (including phenoxy) is 3. The minimum atomic E-state index is -0.495. The van der Waals surface area contributed by atoms with E-state index >= 15 is 0 Å². The largest absolute Gasteiger partial charge is 0.490 e. The number of carbonyl (C=O) groups excluding carboxylic acids is 1. The van der Waals surface area contributed by atoms with E-state index in [4.69, 9.17) is 14.2 Å². The monoisotopic (exact) mass is 594 g/mol. The van der Waals surface area contributed by atoms with Gasteiger partial charge >= 0.3 is 6.09 Å². The molecule has 2 heterocycles. The van der Waals surface area contributed by atoms with Gasteiger partial charge in [-0.05, 0) is 63.4 Å².